The lowest BCUT2D eigenvalue weighted by molar-refractivity contribution is 0.142. The molecule has 29 heavy (non-hydrogen) atoms. The lowest BCUT2D eigenvalue weighted by atomic mass is 10.0. The van der Waals surface area contributed by atoms with Crippen LogP contribution in [0.2, 0.25) is 5.02 Å². The normalized spacial score (nSPS) is 16.7. The predicted octanol–water partition coefficient (Wildman–Crippen LogP) is 5.77. The summed E-state index contributed by atoms with van der Waals surface area (Å²) in [5.41, 5.74) is 3.71. The molecule has 0 aliphatic carbocycles. The molecule has 7 heteroatoms. The van der Waals surface area contributed by atoms with E-state index in [0.717, 1.165) is 41.6 Å². The van der Waals surface area contributed by atoms with Gasteiger partial charge in [0.2, 0.25) is 11.7 Å². The molecule has 150 valence electrons. The summed E-state index contributed by atoms with van der Waals surface area (Å²) in [6, 6.07) is 12.9. The number of para-hydroxylation sites is 1. The first kappa shape index (κ1) is 19.5. The van der Waals surface area contributed by atoms with E-state index in [2.05, 4.69) is 15.5 Å². The molecular formula is C22H23ClN4O2. The number of aromatic nitrogens is 2. The average molecular weight is 411 g/mol. The topological polar surface area (TPSA) is 71.3 Å². The molecule has 1 aliphatic rings. The number of hydrogen-bond acceptors (Lipinski definition) is 4. The fourth-order valence-electron chi connectivity index (χ4n) is 3.74. The highest BCUT2D eigenvalue weighted by molar-refractivity contribution is 6.30. The number of nitrogens with zero attached hydrogens (tertiary/aromatic N) is 3. The van der Waals surface area contributed by atoms with Gasteiger partial charge in [-0.1, -0.05) is 47.1 Å². The largest absolute Gasteiger partial charge is 0.337 e. The molecule has 0 unspecified atom stereocenters. The number of nitrogens with one attached hydrogen (secondary N) is 1. The lowest BCUT2D eigenvalue weighted by Gasteiger charge is -2.33. The van der Waals surface area contributed by atoms with Crippen LogP contribution in [-0.2, 0) is 0 Å². The van der Waals surface area contributed by atoms with Crippen LogP contribution in [0, 0.1) is 13.8 Å². The molecule has 1 saturated heterocycles. The van der Waals surface area contributed by atoms with Crippen LogP contribution < -0.4 is 5.32 Å². The number of rotatable bonds is 3. The van der Waals surface area contributed by atoms with Crippen LogP contribution in [0.5, 0.6) is 0 Å². The molecular weight excluding hydrogens is 388 g/mol. The van der Waals surface area contributed by atoms with E-state index in [1.54, 1.807) is 17.0 Å². The number of piperidine rings is 1. The molecule has 1 fully saturated rings. The molecule has 0 spiro atoms. The number of aryl methyl sites for hydroxylation is 2. The standard InChI is InChI=1S/C22H23ClN4O2/c1-14-7-5-8-15(2)19(14)24-22(28)27-12-4-3-11-18(27)21-25-20(26-29-21)16-9-6-10-17(23)13-16/h5-10,13,18H,3-4,11-12H2,1-2H3,(H,24,28)/t18-/m1/s1. The first-order chi connectivity index (χ1) is 14.0. The van der Waals surface area contributed by atoms with Gasteiger partial charge in [0.05, 0.1) is 0 Å². The quantitative estimate of drug-likeness (QED) is 0.595. The monoisotopic (exact) mass is 410 g/mol. The number of carbonyl (C=O) groups excluding carboxylic acids is 1. The lowest BCUT2D eigenvalue weighted by Crippen LogP contribution is -2.41. The van der Waals surface area contributed by atoms with Crippen molar-refractivity contribution in [2.45, 2.75) is 39.2 Å². The van der Waals surface area contributed by atoms with Gasteiger partial charge in [0.15, 0.2) is 0 Å². The number of benzene rings is 2. The third kappa shape index (κ3) is 4.12. The van der Waals surface area contributed by atoms with E-state index in [4.69, 9.17) is 16.1 Å². The maximum Gasteiger partial charge on any atom is 0.322 e. The molecule has 1 N–H and O–H groups in total. The molecule has 1 atom stereocenters. The molecule has 2 heterocycles. The van der Waals surface area contributed by atoms with Crippen molar-refractivity contribution in [3.8, 4) is 11.4 Å². The molecule has 0 saturated carbocycles. The minimum atomic E-state index is -0.242. The Hall–Kier alpha value is -2.86. The molecule has 0 bridgehead atoms. The van der Waals surface area contributed by atoms with Crippen molar-refractivity contribution in [2.24, 2.45) is 0 Å². The summed E-state index contributed by atoms with van der Waals surface area (Å²) >= 11 is 6.07. The number of halogens is 1. The van der Waals surface area contributed by atoms with E-state index in [1.165, 1.54) is 0 Å². The predicted molar refractivity (Wildman–Crippen MR) is 113 cm³/mol. The number of carbonyl (C=O) groups is 1. The fraction of sp³-hybridized carbons (Fsp3) is 0.318. The Morgan fingerprint density at radius 3 is 2.69 bits per heavy atom. The zero-order chi connectivity index (χ0) is 20.4. The number of hydrogen-bond donors (Lipinski definition) is 1. The average Bonchev–Trinajstić information content (AvgIpc) is 3.21. The minimum Gasteiger partial charge on any atom is -0.337 e. The zero-order valence-corrected chi connectivity index (χ0v) is 17.2. The zero-order valence-electron chi connectivity index (χ0n) is 16.5. The maximum absolute atomic E-state index is 13.1. The van der Waals surface area contributed by atoms with Crippen molar-refractivity contribution in [2.75, 3.05) is 11.9 Å². The molecule has 2 aromatic carbocycles. The second-order valence-electron chi connectivity index (χ2n) is 7.37. The highest BCUT2D eigenvalue weighted by Crippen LogP contribution is 2.32. The Labute approximate surface area is 174 Å². The van der Waals surface area contributed by atoms with E-state index in [0.29, 0.717) is 23.3 Å². The van der Waals surface area contributed by atoms with Crippen LogP contribution in [0.15, 0.2) is 47.0 Å². The Morgan fingerprint density at radius 1 is 1.17 bits per heavy atom. The molecule has 1 aromatic heterocycles. The summed E-state index contributed by atoms with van der Waals surface area (Å²) < 4.78 is 5.55. The summed E-state index contributed by atoms with van der Waals surface area (Å²) in [5.74, 6) is 0.930. The molecule has 1 aliphatic heterocycles. The number of anilines is 1. The Balaban J connectivity index is 1.57. The van der Waals surface area contributed by atoms with Crippen LogP contribution in [0.3, 0.4) is 0 Å². The number of amides is 2. The molecule has 0 radical (unpaired) electrons. The van der Waals surface area contributed by atoms with Crippen molar-refractivity contribution in [1.29, 1.82) is 0 Å². The van der Waals surface area contributed by atoms with Crippen LogP contribution in [-0.4, -0.2) is 27.6 Å². The maximum atomic E-state index is 13.1. The van der Waals surface area contributed by atoms with Crippen LogP contribution in [0.4, 0.5) is 10.5 Å². The van der Waals surface area contributed by atoms with Gasteiger partial charge >= 0.3 is 6.03 Å². The highest BCUT2D eigenvalue weighted by Gasteiger charge is 2.32. The minimum absolute atomic E-state index is 0.144. The first-order valence-electron chi connectivity index (χ1n) is 9.76. The second-order valence-corrected chi connectivity index (χ2v) is 7.80. The van der Waals surface area contributed by atoms with E-state index in [1.807, 2.05) is 44.2 Å². The molecule has 3 aromatic rings. The van der Waals surface area contributed by atoms with Crippen LogP contribution in [0.25, 0.3) is 11.4 Å². The van der Waals surface area contributed by atoms with Gasteiger partial charge in [-0.25, -0.2) is 4.79 Å². The van der Waals surface area contributed by atoms with Gasteiger partial charge < -0.3 is 14.7 Å². The van der Waals surface area contributed by atoms with Crippen molar-refractivity contribution in [1.82, 2.24) is 15.0 Å². The third-order valence-electron chi connectivity index (χ3n) is 5.29. The highest BCUT2D eigenvalue weighted by atomic mass is 35.5. The summed E-state index contributed by atoms with van der Waals surface area (Å²) in [6.07, 6.45) is 2.75. The van der Waals surface area contributed by atoms with Gasteiger partial charge in [0.25, 0.3) is 0 Å². The Bertz CT molecular complexity index is 1010. The fourth-order valence-corrected chi connectivity index (χ4v) is 3.93. The second kappa shape index (κ2) is 8.25. The van der Waals surface area contributed by atoms with E-state index < -0.39 is 0 Å². The third-order valence-corrected chi connectivity index (χ3v) is 5.52. The van der Waals surface area contributed by atoms with Gasteiger partial charge in [-0.2, -0.15) is 4.98 Å². The van der Waals surface area contributed by atoms with Gasteiger partial charge in [-0.15, -0.1) is 0 Å². The summed E-state index contributed by atoms with van der Waals surface area (Å²) in [6.45, 7) is 4.63. The van der Waals surface area contributed by atoms with Crippen LogP contribution >= 0.6 is 11.6 Å². The van der Waals surface area contributed by atoms with E-state index in [-0.39, 0.29) is 12.1 Å². The van der Waals surface area contributed by atoms with Crippen molar-refractivity contribution in [3.05, 3.63) is 64.5 Å². The van der Waals surface area contributed by atoms with Gasteiger partial charge in [-0.3, -0.25) is 0 Å². The summed E-state index contributed by atoms with van der Waals surface area (Å²) in [7, 11) is 0. The summed E-state index contributed by atoms with van der Waals surface area (Å²) in [5, 5.41) is 7.79. The van der Waals surface area contributed by atoms with Crippen molar-refractivity contribution < 1.29 is 9.32 Å². The van der Waals surface area contributed by atoms with E-state index >= 15 is 0 Å². The van der Waals surface area contributed by atoms with Gasteiger partial charge in [0, 0.05) is 22.8 Å². The molecule has 4 rings (SSSR count). The van der Waals surface area contributed by atoms with Crippen molar-refractivity contribution in [3.63, 3.8) is 0 Å². The SMILES string of the molecule is Cc1cccc(C)c1NC(=O)N1CCCC[C@@H]1c1nc(-c2cccc(Cl)c2)no1. The Kier molecular flexibility index (Phi) is 5.53. The number of urea groups is 1. The summed E-state index contributed by atoms with van der Waals surface area (Å²) in [4.78, 5) is 19.4. The first-order valence-corrected chi connectivity index (χ1v) is 10.1. The van der Waals surface area contributed by atoms with Crippen molar-refractivity contribution >= 4 is 23.3 Å². The van der Waals surface area contributed by atoms with Crippen LogP contribution in [0.1, 0.15) is 42.3 Å². The Morgan fingerprint density at radius 2 is 1.93 bits per heavy atom. The van der Waals surface area contributed by atoms with Gasteiger partial charge in [-0.05, 0) is 56.4 Å². The molecule has 2 amide bonds. The van der Waals surface area contributed by atoms with E-state index in [9.17, 15) is 4.79 Å². The number of likely N-dealkylation sites (tertiary alicyclic amines) is 1. The smallest absolute Gasteiger partial charge is 0.322 e. The van der Waals surface area contributed by atoms with Gasteiger partial charge in [0.1, 0.15) is 6.04 Å². The molecule has 6 nitrogen and oxygen atoms in total.